The Balaban J connectivity index is 0.00000220. The Hall–Kier alpha value is -0.480. The summed E-state index contributed by atoms with van der Waals surface area (Å²) in [6.07, 6.45) is 0.585. The number of halogens is 4. The van der Waals surface area contributed by atoms with Crippen molar-refractivity contribution in [2.75, 3.05) is 13.1 Å². The van der Waals surface area contributed by atoms with Gasteiger partial charge in [-0.3, -0.25) is 0 Å². The van der Waals surface area contributed by atoms with E-state index in [1.54, 1.807) is 0 Å². The number of nitrogens with zero attached hydrogens (tertiary/aromatic N) is 1. The van der Waals surface area contributed by atoms with Crippen LogP contribution in [0, 0.1) is 0 Å². The molecule has 4 nitrogen and oxygen atoms in total. The summed E-state index contributed by atoms with van der Waals surface area (Å²) in [6, 6.07) is 4.49. The van der Waals surface area contributed by atoms with Crippen LogP contribution in [0.3, 0.4) is 0 Å². The number of alkyl halides is 3. The van der Waals surface area contributed by atoms with Gasteiger partial charge in [0.25, 0.3) is 0 Å². The number of hydrogen-bond donors (Lipinski definition) is 1. The van der Waals surface area contributed by atoms with Gasteiger partial charge in [-0.25, -0.2) is 8.42 Å². The molecule has 1 fully saturated rings. The Morgan fingerprint density at radius 2 is 1.81 bits per heavy atom. The van der Waals surface area contributed by atoms with E-state index in [4.69, 9.17) is 5.73 Å². The molecule has 2 N–H and O–H groups in total. The first-order chi connectivity index (χ1) is 9.18. The monoisotopic (exact) mass is 362 g/mol. The minimum Gasteiger partial charge on any atom is -0.326 e. The maximum absolute atomic E-state index is 12.2. The van der Waals surface area contributed by atoms with E-state index < -0.39 is 15.5 Å². The lowest BCUT2D eigenvalue weighted by molar-refractivity contribution is -0.0328. The molecule has 1 aliphatic heterocycles. The van der Waals surface area contributed by atoms with Gasteiger partial charge in [-0.1, -0.05) is 0 Å². The van der Waals surface area contributed by atoms with Crippen molar-refractivity contribution >= 4 is 34.2 Å². The molecule has 0 bridgehead atoms. The average Bonchev–Trinajstić information content (AvgIpc) is 2.75. The fourth-order valence-corrected chi connectivity index (χ4v) is 3.99. The summed E-state index contributed by atoms with van der Waals surface area (Å²) in [5.41, 5.74) is 1.27. The summed E-state index contributed by atoms with van der Waals surface area (Å²) in [6.45, 7) is 0.573. The average molecular weight is 363 g/mol. The van der Waals surface area contributed by atoms with Gasteiger partial charge in [-0.15, -0.1) is 12.4 Å². The molecule has 0 spiro atoms. The molecule has 0 radical (unpaired) electrons. The quantitative estimate of drug-likeness (QED) is 0.839. The van der Waals surface area contributed by atoms with Crippen LogP contribution >= 0.6 is 24.2 Å². The topological polar surface area (TPSA) is 63.4 Å². The highest BCUT2D eigenvalue weighted by Gasteiger charge is 2.32. The fraction of sp³-hybridized carbons (Fsp3) is 0.455. The number of benzene rings is 1. The molecule has 1 heterocycles. The van der Waals surface area contributed by atoms with Gasteiger partial charge in [-0.2, -0.15) is 17.5 Å². The summed E-state index contributed by atoms with van der Waals surface area (Å²) in [7, 11) is -3.67. The standard InChI is InChI=1S/C11H13F3N2O2S2.ClH/c12-11(13,14)19-9-1-3-10(4-2-9)20(17,18)16-6-5-8(15)7-16;/h1-4,8H,5-7,15H2;1H/t8-;/m1./s1. The van der Waals surface area contributed by atoms with Crippen LogP contribution in [-0.2, 0) is 10.0 Å². The summed E-state index contributed by atoms with van der Waals surface area (Å²) >= 11 is -0.276. The smallest absolute Gasteiger partial charge is 0.326 e. The highest BCUT2D eigenvalue weighted by atomic mass is 35.5. The van der Waals surface area contributed by atoms with Crippen LogP contribution in [0.25, 0.3) is 0 Å². The highest BCUT2D eigenvalue weighted by molar-refractivity contribution is 8.00. The summed E-state index contributed by atoms with van der Waals surface area (Å²) in [4.78, 5) is -0.0623. The van der Waals surface area contributed by atoms with Gasteiger partial charge in [0.15, 0.2) is 0 Å². The predicted molar refractivity (Wildman–Crippen MR) is 77.0 cm³/mol. The van der Waals surface area contributed by atoms with Crippen LogP contribution < -0.4 is 5.73 Å². The van der Waals surface area contributed by atoms with Crippen molar-refractivity contribution in [2.45, 2.75) is 27.8 Å². The molecule has 1 saturated heterocycles. The maximum atomic E-state index is 12.2. The molecule has 1 atom stereocenters. The molecular formula is C11H14ClF3N2O2S2. The zero-order valence-corrected chi connectivity index (χ0v) is 13.2. The van der Waals surface area contributed by atoms with Crippen molar-refractivity contribution < 1.29 is 21.6 Å². The lowest BCUT2D eigenvalue weighted by Gasteiger charge is -2.16. The van der Waals surface area contributed by atoms with Crippen molar-refractivity contribution in [2.24, 2.45) is 5.73 Å². The van der Waals surface area contributed by atoms with Crippen LogP contribution in [0.4, 0.5) is 13.2 Å². The van der Waals surface area contributed by atoms with Gasteiger partial charge in [0, 0.05) is 24.0 Å². The van der Waals surface area contributed by atoms with Crippen LogP contribution in [-0.4, -0.2) is 37.4 Å². The third kappa shape index (κ3) is 4.75. The molecule has 0 aliphatic carbocycles. The van der Waals surface area contributed by atoms with E-state index >= 15 is 0 Å². The molecule has 0 unspecified atom stereocenters. The Morgan fingerprint density at radius 1 is 1.24 bits per heavy atom. The van der Waals surface area contributed by atoms with Gasteiger partial charge in [0.2, 0.25) is 10.0 Å². The SMILES string of the molecule is Cl.N[C@@H]1CCN(S(=O)(=O)c2ccc(SC(F)(F)F)cc2)C1. The molecule has 21 heavy (non-hydrogen) atoms. The van der Waals surface area contributed by atoms with Crippen molar-refractivity contribution in [1.29, 1.82) is 0 Å². The van der Waals surface area contributed by atoms with Crippen LogP contribution in [0.1, 0.15) is 6.42 Å². The van der Waals surface area contributed by atoms with Crippen molar-refractivity contribution in [1.82, 2.24) is 4.31 Å². The molecule has 1 aromatic carbocycles. The Bertz CT molecular complexity index is 578. The molecule has 0 aromatic heterocycles. The number of sulfonamides is 1. The van der Waals surface area contributed by atoms with E-state index in [1.165, 1.54) is 16.4 Å². The molecule has 1 aromatic rings. The number of thioether (sulfide) groups is 1. The van der Waals surface area contributed by atoms with Gasteiger partial charge >= 0.3 is 5.51 Å². The molecule has 2 rings (SSSR count). The lowest BCUT2D eigenvalue weighted by atomic mass is 10.3. The minimum atomic E-state index is -4.39. The van der Waals surface area contributed by atoms with E-state index in [0.29, 0.717) is 13.0 Å². The van der Waals surface area contributed by atoms with E-state index in [0.717, 1.165) is 12.1 Å². The largest absolute Gasteiger partial charge is 0.446 e. The van der Waals surface area contributed by atoms with Gasteiger partial charge < -0.3 is 5.73 Å². The minimum absolute atomic E-state index is 0. The summed E-state index contributed by atoms with van der Waals surface area (Å²) < 4.78 is 62.3. The third-order valence-electron chi connectivity index (χ3n) is 2.88. The van der Waals surface area contributed by atoms with Crippen molar-refractivity contribution in [3.63, 3.8) is 0 Å². The molecule has 0 saturated carbocycles. The molecule has 10 heteroatoms. The summed E-state index contributed by atoms with van der Waals surface area (Å²) in [5, 5.41) is 0. The van der Waals surface area contributed by atoms with E-state index in [1.807, 2.05) is 0 Å². The van der Waals surface area contributed by atoms with Crippen molar-refractivity contribution in [3.05, 3.63) is 24.3 Å². The molecule has 1 aliphatic rings. The van der Waals surface area contributed by atoms with Crippen LogP contribution in [0.15, 0.2) is 34.1 Å². The Labute approximate surface area is 131 Å². The van der Waals surface area contributed by atoms with Gasteiger partial charge in [0.05, 0.1) is 4.90 Å². The van der Waals surface area contributed by atoms with E-state index in [9.17, 15) is 21.6 Å². The third-order valence-corrected chi connectivity index (χ3v) is 5.50. The van der Waals surface area contributed by atoms with E-state index in [2.05, 4.69) is 0 Å². The maximum Gasteiger partial charge on any atom is 0.446 e. The van der Waals surface area contributed by atoms with Gasteiger partial charge in [-0.05, 0) is 42.4 Å². The first-order valence-corrected chi connectivity index (χ1v) is 8.06. The zero-order valence-electron chi connectivity index (χ0n) is 10.7. The normalized spacial score (nSPS) is 20.3. The number of nitrogens with two attached hydrogens (primary N) is 1. The zero-order chi connectivity index (χ0) is 15.0. The highest BCUT2D eigenvalue weighted by Crippen LogP contribution is 2.37. The molecule has 120 valence electrons. The van der Waals surface area contributed by atoms with Crippen molar-refractivity contribution in [3.8, 4) is 0 Å². The molecule has 0 amide bonds. The lowest BCUT2D eigenvalue weighted by Crippen LogP contribution is -2.31. The van der Waals surface area contributed by atoms with Crippen LogP contribution in [0.5, 0.6) is 0 Å². The molecular weight excluding hydrogens is 349 g/mol. The second-order valence-corrected chi connectivity index (χ2v) is 7.51. The first-order valence-electron chi connectivity index (χ1n) is 5.80. The number of hydrogen-bond acceptors (Lipinski definition) is 4. The van der Waals surface area contributed by atoms with Crippen LogP contribution in [0.2, 0.25) is 0 Å². The predicted octanol–water partition coefficient (Wildman–Crippen LogP) is 2.44. The summed E-state index contributed by atoms with van der Waals surface area (Å²) in [5.74, 6) is 0. The van der Waals surface area contributed by atoms with Gasteiger partial charge in [0.1, 0.15) is 0 Å². The van der Waals surface area contributed by atoms with E-state index in [-0.39, 0.29) is 46.5 Å². The Kier molecular flexibility index (Phi) is 5.96. The second kappa shape index (κ2) is 6.74. The Morgan fingerprint density at radius 3 is 2.24 bits per heavy atom. The second-order valence-electron chi connectivity index (χ2n) is 4.43. The fourth-order valence-electron chi connectivity index (χ4n) is 1.93. The number of rotatable bonds is 3. The first kappa shape index (κ1) is 18.6.